The molecule has 2 bridgehead atoms. The van der Waals surface area contributed by atoms with E-state index in [1.54, 1.807) is 0 Å². The van der Waals surface area contributed by atoms with Gasteiger partial charge in [0.2, 0.25) is 5.91 Å². The van der Waals surface area contributed by atoms with Crippen LogP contribution in [0.5, 0.6) is 5.75 Å². The Morgan fingerprint density at radius 1 is 1.17 bits per heavy atom. The molecular formula is C19H29ClN2O2. The maximum Gasteiger partial charge on any atom is 0.225 e. The lowest BCUT2D eigenvalue weighted by Gasteiger charge is -2.35. The van der Waals surface area contributed by atoms with Gasteiger partial charge in [0.1, 0.15) is 5.75 Å². The maximum absolute atomic E-state index is 12.4. The number of hydrogen-bond donors (Lipinski definition) is 1. The van der Waals surface area contributed by atoms with Gasteiger partial charge in [-0.1, -0.05) is 6.07 Å². The first-order chi connectivity index (χ1) is 11.0. The summed E-state index contributed by atoms with van der Waals surface area (Å²) >= 11 is 0. The van der Waals surface area contributed by atoms with Crippen molar-refractivity contribution in [3.05, 3.63) is 29.3 Å². The van der Waals surface area contributed by atoms with Crippen LogP contribution in [-0.2, 0) is 4.79 Å². The Bertz CT molecular complexity index is 546. The Hall–Kier alpha value is -1.26. The highest BCUT2D eigenvalue weighted by molar-refractivity contribution is 5.85. The minimum absolute atomic E-state index is 0. The molecule has 0 spiro atoms. The van der Waals surface area contributed by atoms with Crippen LogP contribution in [0, 0.1) is 13.8 Å². The first-order valence-electron chi connectivity index (χ1n) is 8.74. The van der Waals surface area contributed by atoms with E-state index in [0.717, 1.165) is 18.6 Å². The molecule has 1 aromatic carbocycles. The summed E-state index contributed by atoms with van der Waals surface area (Å²) in [5.41, 5.74) is 2.38. The van der Waals surface area contributed by atoms with Crippen molar-refractivity contribution < 1.29 is 9.53 Å². The number of carbonyl (C=O) groups excluding carboxylic acids is 1. The minimum atomic E-state index is 0. The van der Waals surface area contributed by atoms with Crippen molar-refractivity contribution in [1.29, 1.82) is 0 Å². The molecule has 2 aliphatic heterocycles. The van der Waals surface area contributed by atoms with E-state index in [2.05, 4.69) is 25.2 Å². The number of nitrogens with zero attached hydrogens (tertiary/aromatic N) is 1. The number of aryl methyl sites for hydroxylation is 2. The van der Waals surface area contributed by atoms with E-state index in [1.165, 1.54) is 24.0 Å². The third-order valence-electron chi connectivity index (χ3n) is 5.17. The molecule has 24 heavy (non-hydrogen) atoms. The lowest BCUT2D eigenvalue weighted by Crippen LogP contribution is -2.48. The van der Waals surface area contributed by atoms with E-state index >= 15 is 0 Å². The second kappa shape index (κ2) is 8.21. The van der Waals surface area contributed by atoms with Crippen LogP contribution in [-0.4, -0.2) is 42.6 Å². The molecule has 2 saturated heterocycles. The summed E-state index contributed by atoms with van der Waals surface area (Å²) in [6, 6.07) is 7.78. The largest absolute Gasteiger partial charge is 0.493 e. The average Bonchev–Trinajstić information content (AvgIpc) is 2.83. The summed E-state index contributed by atoms with van der Waals surface area (Å²) in [4.78, 5) is 14.4. The molecule has 0 aliphatic carbocycles. The Balaban J connectivity index is 0.00000208. The van der Waals surface area contributed by atoms with Gasteiger partial charge in [0, 0.05) is 25.2 Å². The number of nitrogens with one attached hydrogen (secondary N) is 1. The van der Waals surface area contributed by atoms with Crippen LogP contribution < -0.4 is 10.1 Å². The van der Waals surface area contributed by atoms with Gasteiger partial charge in [0.25, 0.3) is 0 Å². The highest BCUT2D eigenvalue weighted by atomic mass is 35.5. The number of amides is 1. The van der Waals surface area contributed by atoms with Gasteiger partial charge in [-0.25, -0.2) is 0 Å². The Morgan fingerprint density at radius 3 is 2.33 bits per heavy atom. The molecule has 2 aliphatic rings. The van der Waals surface area contributed by atoms with Gasteiger partial charge in [-0.15, -0.1) is 12.4 Å². The fraction of sp³-hybridized carbons (Fsp3) is 0.632. The summed E-state index contributed by atoms with van der Waals surface area (Å²) in [6.45, 7) is 4.57. The first kappa shape index (κ1) is 19.1. The number of rotatable bonds is 5. The van der Waals surface area contributed by atoms with Crippen molar-refractivity contribution >= 4 is 18.3 Å². The standard InChI is InChI=1S/C19H28N2O2.ClH/c1-13-8-14(2)10-18(9-13)23-7-6-19(22)21(3)17-11-15-4-5-16(12-17)20-15;/h8-10,15-17,20H,4-7,11-12H2,1-3H3;1H. The molecule has 5 heteroatoms. The molecule has 2 heterocycles. The summed E-state index contributed by atoms with van der Waals surface area (Å²) in [7, 11) is 1.95. The second-order valence-corrected chi connectivity index (χ2v) is 7.19. The minimum Gasteiger partial charge on any atom is -0.493 e. The lowest BCUT2D eigenvalue weighted by molar-refractivity contribution is -0.133. The second-order valence-electron chi connectivity index (χ2n) is 7.19. The van der Waals surface area contributed by atoms with E-state index < -0.39 is 0 Å². The molecule has 4 nitrogen and oxygen atoms in total. The SMILES string of the molecule is Cc1cc(C)cc(OCCC(=O)N(C)C2CC3CCC(C2)N3)c1.Cl. The molecular weight excluding hydrogens is 324 g/mol. The molecule has 1 N–H and O–H groups in total. The van der Waals surface area contributed by atoms with Crippen molar-refractivity contribution in [2.45, 2.75) is 64.1 Å². The highest BCUT2D eigenvalue weighted by Crippen LogP contribution is 2.29. The van der Waals surface area contributed by atoms with Crippen LogP contribution in [0.1, 0.15) is 43.2 Å². The van der Waals surface area contributed by atoms with Crippen LogP contribution in [0.4, 0.5) is 0 Å². The van der Waals surface area contributed by atoms with Gasteiger partial charge in [-0.2, -0.15) is 0 Å². The predicted octanol–water partition coefficient (Wildman–Crippen LogP) is 3.24. The Labute approximate surface area is 151 Å². The van der Waals surface area contributed by atoms with E-state index in [4.69, 9.17) is 4.74 Å². The summed E-state index contributed by atoms with van der Waals surface area (Å²) in [5.74, 6) is 1.05. The molecule has 2 unspecified atom stereocenters. The molecule has 0 saturated carbocycles. The third-order valence-corrected chi connectivity index (χ3v) is 5.17. The van der Waals surface area contributed by atoms with Crippen LogP contribution in [0.25, 0.3) is 0 Å². The summed E-state index contributed by atoms with van der Waals surface area (Å²) in [5, 5.41) is 3.63. The molecule has 2 fully saturated rings. The Kier molecular flexibility index (Phi) is 6.53. The summed E-state index contributed by atoms with van der Waals surface area (Å²) < 4.78 is 5.77. The van der Waals surface area contributed by atoms with E-state index in [0.29, 0.717) is 31.2 Å². The molecule has 0 radical (unpaired) electrons. The average molecular weight is 353 g/mol. The van der Waals surface area contributed by atoms with Gasteiger partial charge < -0.3 is 15.0 Å². The molecule has 2 atom stereocenters. The molecule has 1 aromatic rings. The molecule has 0 aromatic heterocycles. The van der Waals surface area contributed by atoms with Gasteiger partial charge >= 0.3 is 0 Å². The third kappa shape index (κ3) is 4.64. The topological polar surface area (TPSA) is 41.6 Å². The van der Waals surface area contributed by atoms with Crippen molar-refractivity contribution in [3.63, 3.8) is 0 Å². The normalized spacial score (nSPS) is 25.0. The van der Waals surface area contributed by atoms with E-state index in [9.17, 15) is 4.79 Å². The zero-order chi connectivity index (χ0) is 16.4. The number of piperidine rings is 1. The van der Waals surface area contributed by atoms with Crippen molar-refractivity contribution in [2.24, 2.45) is 0 Å². The van der Waals surface area contributed by atoms with Crippen LogP contribution in [0.3, 0.4) is 0 Å². The molecule has 1 amide bonds. The van der Waals surface area contributed by atoms with Gasteiger partial charge in [0.15, 0.2) is 0 Å². The monoisotopic (exact) mass is 352 g/mol. The first-order valence-corrected chi connectivity index (χ1v) is 8.74. The van der Waals surface area contributed by atoms with Crippen molar-refractivity contribution in [1.82, 2.24) is 10.2 Å². The number of ether oxygens (including phenoxy) is 1. The van der Waals surface area contributed by atoms with E-state index in [1.807, 2.05) is 24.1 Å². The number of halogens is 1. The zero-order valence-electron chi connectivity index (χ0n) is 14.9. The smallest absolute Gasteiger partial charge is 0.225 e. The van der Waals surface area contributed by atoms with Crippen molar-refractivity contribution in [3.8, 4) is 5.75 Å². The Morgan fingerprint density at radius 2 is 1.75 bits per heavy atom. The fourth-order valence-electron chi connectivity index (χ4n) is 4.00. The number of hydrogen-bond acceptors (Lipinski definition) is 3. The van der Waals surface area contributed by atoms with E-state index in [-0.39, 0.29) is 18.3 Å². The summed E-state index contributed by atoms with van der Waals surface area (Å²) in [6.07, 6.45) is 5.16. The molecule has 134 valence electrons. The number of benzene rings is 1. The van der Waals surface area contributed by atoms with Crippen LogP contribution in [0.15, 0.2) is 18.2 Å². The predicted molar refractivity (Wildman–Crippen MR) is 99.0 cm³/mol. The quantitative estimate of drug-likeness (QED) is 0.884. The lowest BCUT2D eigenvalue weighted by atomic mass is 9.98. The zero-order valence-corrected chi connectivity index (χ0v) is 15.7. The maximum atomic E-state index is 12.4. The molecule has 3 rings (SSSR count). The van der Waals surface area contributed by atoms with Gasteiger partial charge in [-0.05, 0) is 62.8 Å². The highest BCUT2D eigenvalue weighted by Gasteiger charge is 2.36. The van der Waals surface area contributed by atoms with Gasteiger partial charge in [-0.3, -0.25) is 4.79 Å². The van der Waals surface area contributed by atoms with Crippen LogP contribution in [0.2, 0.25) is 0 Å². The van der Waals surface area contributed by atoms with Crippen molar-refractivity contribution in [2.75, 3.05) is 13.7 Å². The van der Waals surface area contributed by atoms with Crippen LogP contribution >= 0.6 is 12.4 Å². The fourth-order valence-corrected chi connectivity index (χ4v) is 4.00. The number of fused-ring (bicyclic) bond motifs is 2. The van der Waals surface area contributed by atoms with Gasteiger partial charge in [0.05, 0.1) is 13.0 Å². The number of carbonyl (C=O) groups is 1.